The molecule has 2 aliphatic heterocycles. The van der Waals surface area contributed by atoms with Crippen molar-refractivity contribution in [2.75, 3.05) is 54.5 Å². The minimum absolute atomic E-state index is 0.291. The lowest BCUT2D eigenvalue weighted by Gasteiger charge is -2.36. The van der Waals surface area contributed by atoms with Crippen LogP contribution in [0, 0.1) is 0 Å². The molecule has 0 bridgehead atoms. The number of rotatable bonds is 7. The van der Waals surface area contributed by atoms with Gasteiger partial charge in [0.15, 0.2) is 0 Å². The van der Waals surface area contributed by atoms with Crippen molar-refractivity contribution < 1.29 is 27.4 Å². The number of anilines is 2. The zero-order chi connectivity index (χ0) is 27.6. The molecule has 6 nitrogen and oxygen atoms in total. The fourth-order valence-electron chi connectivity index (χ4n) is 4.61. The first-order chi connectivity index (χ1) is 18.7. The summed E-state index contributed by atoms with van der Waals surface area (Å²) in [4.78, 5) is 8.22. The highest BCUT2D eigenvalue weighted by atomic mass is 79.9. The standard InChI is InChI=1S/C27H25BrCl2F3N3O3/c28-17-26(23-7-2-19(29)13-24(23)30)38-16-22(39-26)15-37-21-5-3-20(4-6-21)35-9-11-36(12-10-35)25-8-1-18(14-34-25)27(31,32)33/h1-8,13-14,22H,9-12,15-17H2. The first-order valence-electron chi connectivity index (χ1n) is 12.3. The monoisotopic (exact) mass is 645 g/mol. The number of hydrogen-bond acceptors (Lipinski definition) is 6. The number of ether oxygens (including phenoxy) is 3. The Kier molecular flexibility index (Phi) is 8.49. The van der Waals surface area contributed by atoms with Crippen molar-refractivity contribution in [1.82, 2.24) is 4.98 Å². The Balaban J connectivity index is 1.12. The maximum Gasteiger partial charge on any atom is 0.417 e. The second kappa shape index (κ2) is 11.7. The van der Waals surface area contributed by atoms with Gasteiger partial charge in [-0.1, -0.05) is 45.2 Å². The van der Waals surface area contributed by atoms with Gasteiger partial charge in [0.25, 0.3) is 0 Å². The Hall–Kier alpha value is -2.24. The summed E-state index contributed by atoms with van der Waals surface area (Å²) in [5, 5.41) is 1.40. The third-order valence-corrected chi connectivity index (χ3v) is 7.98. The highest BCUT2D eigenvalue weighted by Gasteiger charge is 2.44. The molecule has 0 saturated carbocycles. The van der Waals surface area contributed by atoms with Crippen molar-refractivity contribution >= 4 is 50.6 Å². The molecule has 208 valence electrons. The molecule has 0 N–H and O–H groups in total. The van der Waals surface area contributed by atoms with Gasteiger partial charge in [0.1, 0.15) is 24.3 Å². The van der Waals surface area contributed by atoms with Gasteiger partial charge in [0.2, 0.25) is 5.79 Å². The van der Waals surface area contributed by atoms with E-state index in [2.05, 4.69) is 25.8 Å². The lowest BCUT2D eigenvalue weighted by Crippen LogP contribution is -2.46. The van der Waals surface area contributed by atoms with E-state index in [9.17, 15) is 13.2 Å². The lowest BCUT2D eigenvalue weighted by atomic mass is 10.1. The number of pyridine rings is 1. The zero-order valence-electron chi connectivity index (χ0n) is 20.6. The molecule has 2 unspecified atom stereocenters. The first-order valence-corrected chi connectivity index (χ1v) is 14.1. The van der Waals surface area contributed by atoms with Crippen LogP contribution in [-0.4, -0.2) is 55.8 Å². The van der Waals surface area contributed by atoms with Gasteiger partial charge in [-0.15, -0.1) is 0 Å². The summed E-state index contributed by atoms with van der Waals surface area (Å²) in [6.45, 7) is 3.40. The predicted molar refractivity (Wildman–Crippen MR) is 148 cm³/mol. The van der Waals surface area contributed by atoms with Gasteiger partial charge in [-0.3, -0.25) is 0 Å². The van der Waals surface area contributed by atoms with Crippen molar-refractivity contribution in [2.45, 2.75) is 18.1 Å². The van der Waals surface area contributed by atoms with Crippen LogP contribution in [0.15, 0.2) is 60.8 Å². The first kappa shape index (κ1) is 28.3. The minimum Gasteiger partial charge on any atom is -0.491 e. The average Bonchev–Trinajstić information content (AvgIpc) is 3.36. The molecule has 3 aromatic rings. The lowest BCUT2D eigenvalue weighted by molar-refractivity contribution is -0.159. The SMILES string of the molecule is FC(F)(F)c1ccc(N2CCN(c3ccc(OCC4COC(CBr)(c5ccc(Cl)cc5Cl)O4)cc3)CC2)nc1. The van der Waals surface area contributed by atoms with Crippen molar-refractivity contribution in [3.8, 4) is 5.75 Å². The molecule has 2 aliphatic rings. The number of nitrogens with zero attached hydrogens (tertiary/aromatic N) is 3. The summed E-state index contributed by atoms with van der Waals surface area (Å²) in [5.41, 5.74) is 0.998. The second-order valence-electron chi connectivity index (χ2n) is 9.24. The van der Waals surface area contributed by atoms with E-state index in [1.807, 2.05) is 29.2 Å². The van der Waals surface area contributed by atoms with Crippen LogP contribution in [0.4, 0.5) is 24.7 Å². The Morgan fingerprint density at radius 3 is 2.33 bits per heavy atom. The molecule has 2 saturated heterocycles. The third kappa shape index (κ3) is 6.41. The topological polar surface area (TPSA) is 47.1 Å². The third-order valence-electron chi connectivity index (χ3n) is 6.69. The van der Waals surface area contributed by atoms with E-state index in [0.29, 0.717) is 58.8 Å². The maximum atomic E-state index is 12.8. The van der Waals surface area contributed by atoms with Crippen LogP contribution < -0.4 is 14.5 Å². The summed E-state index contributed by atoms with van der Waals surface area (Å²) in [6.07, 6.45) is -3.79. The van der Waals surface area contributed by atoms with Crippen LogP contribution in [0.3, 0.4) is 0 Å². The van der Waals surface area contributed by atoms with E-state index in [4.69, 9.17) is 37.4 Å². The van der Waals surface area contributed by atoms with Gasteiger partial charge in [0, 0.05) is 48.6 Å². The number of benzene rings is 2. The molecule has 39 heavy (non-hydrogen) atoms. The molecular weight excluding hydrogens is 622 g/mol. The van der Waals surface area contributed by atoms with Crippen LogP contribution in [-0.2, 0) is 21.4 Å². The maximum absolute atomic E-state index is 12.8. The van der Waals surface area contributed by atoms with Crippen molar-refractivity contribution in [3.63, 3.8) is 0 Å². The van der Waals surface area contributed by atoms with Crippen LogP contribution >= 0.6 is 39.1 Å². The van der Waals surface area contributed by atoms with Crippen molar-refractivity contribution in [1.29, 1.82) is 0 Å². The molecule has 0 amide bonds. The largest absolute Gasteiger partial charge is 0.491 e. The summed E-state index contributed by atoms with van der Waals surface area (Å²) in [5.74, 6) is 0.236. The molecule has 0 spiro atoms. The van der Waals surface area contributed by atoms with Gasteiger partial charge in [0.05, 0.1) is 22.5 Å². The fourth-order valence-corrected chi connectivity index (χ4v) is 5.75. The second-order valence-corrected chi connectivity index (χ2v) is 10.6. The Labute approximate surface area is 242 Å². The number of alkyl halides is 4. The number of halogens is 6. The summed E-state index contributed by atoms with van der Waals surface area (Å²) >= 11 is 15.9. The van der Waals surface area contributed by atoms with Gasteiger partial charge >= 0.3 is 6.18 Å². The van der Waals surface area contributed by atoms with Crippen molar-refractivity contribution in [2.24, 2.45) is 0 Å². The molecular formula is C27H25BrCl2F3N3O3. The molecule has 2 atom stereocenters. The Bertz CT molecular complexity index is 1280. The highest BCUT2D eigenvalue weighted by molar-refractivity contribution is 9.09. The molecule has 2 fully saturated rings. The number of hydrogen-bond donors (Lipinski definition) is 0. The van der Waals surface area contributed by atoms with Crippen LogP contribution in [0.1, 0.15) is 11.1 Å². The van der Waals surface area contributed by atoms with E-state index in [1.165, 1.54) is 6.07 Å². The molecule has 2 aromatic carbocycles. The van der Waals surface area contributed by atoms with Crippen LogP contribution in [0.5, 0.6) is 5.75 Å². The van der Waals surface area contributed by atoms with Gasteiger partial charge < -0.3 is 24.0 Å². The van der Waals surface area contributed by atoms with E-state index in [1.54, 1.807) is 18.2 Å². The average molecular weight is 647 g/mol. The fraction of sp³-hybridized carbons (Fsp3) is 0.370. The molecule has 1 aromatic heterocycles. The highest BCUT2D eigenvalue weighted by Crippen LogP contribution is 2.40. The Morgan fingerprint density at radius 1 is 1.00 bits per heavy atom. The number of piperazine rings is 1. The molecule has 12 heteroatoms. The molecule has 3 heterocycles. The molecule has 0 aliphatic carbocycles. The van der Waals surface area contributed by atoms with Crippen LogP contribution in [0.25, 0.3) is 0 Å². The summed E-state index contributed by atoms with van der Waals surface area (Å²) < 4.78 is 56.6. The van der Waals surface area contributed by atoms with Crippen LogP contribution in [0.2, 0.25) is 10.0 Å². The normalized spacial score (nSPS) is 21.8. The van der Waals surface area contributed by atoms with Gasteiger partial charge in [-0.05, 0) is 48.5 Å². The smallest absolute Gasteiger partial charge is 0.417 e. The van der Waals surface area contributed by atoms with Gasteiger partial charge in [-0.25, -0.2) is 4.98 Å². The van der Waals surface area contributed by atoms with E-state index in [-0.39, 0.29) is 6.10 Å². The molecule has 5 rings (SSSR count). The summed E-state index contributed by atoms with van der Waals surface area (Å²) in [7, 11) is 0. The van der Waals surface area contributed by atoms with Gasteiger partial charge in [-0.2, -0.15) is 13.2 Å². The van der Waals surface area contributed by atoms with Crippen molar-refractivity contribution in [3.05, 3.63) is 82.0 Å². The summed E-state index contributed by atoms with van der Waals surface area (Å²) in [6, 6.07) is 15.5. The Morgan fingerprint density at radius 2 is 1.72 bits per heavy atom. The molecule has 0 radical (unpaired) electrons. The predicted octanol–water partition coefficient (Wildman–Crippen LogP) is 6.78. The van der Waals surface area contributed by atoms with E-state index < -0.39 is 17.5 Å². The zero-order valence-corrected chi connectivity index (χ0v) is 23.7. The minimum atomic E-state index is -4.39. The van der Waals surface area contributed by atoms with E-state index in [0.717, 1.165) is 31.0 Å². The number of aromatic nitrogens is 1. The quantitative estimate of drug-likeness (QED) is 0.264. The van der Waals surface area contributed by atoms with E-state index >= 15 is 0 Å².